The lowest BCUT2D eigenvalue weighted by Gasteiger charge is -2.07. The first-order valence-corrected chi connectivity index (χ1v) is 6.64. The first-order chi connectivity index (χ1) is 10.2. The molecule has 2 aromatic rings. The van der Waals surface area contributed by atoms with Crippen molar-refractivity contribution in [2.24, 2.45) is 5.10 Å². The number of hydrazone groups is 1. The number of rotatable bonds is 5. The van der Waals surface area contributed by atoms with Crippen LogP contribution in [0.1, 0.15) is 12.5 Å². The van der Waals surface area contributed by atoms with Crippen LogP contribution in [0.3, 0.4) is 0 Å². The van der Waals surface area contributed by atoms with E-state index < -0.39 is 0 Å². The molecule has 0 aliphatic heterocycles. The number of hydrogen-bond acceptors (Lipinski definition) is 5. The van der Waals surface area contributed by atoms with Gasteiger partial charge in [-0.25, -0.2) is 4.68 Å². The second-order valence-electron chi connectivity index (χ2n) is 4.11. The van der Waals surface area contributed by atoms with Gasteiger partial charge in [0.1, 0.15) is 6.33 Å². The fourth-order valence-electron chi connectivity index (χ4n) is 1.56. The first-order valence-electron chi connectivity index (χ1n) is 6.23. The minimum absolute atomic E-state index is 0.450. The monoisotopic (exact) mass is 301 g/mol. The molecule has 0 bridgehead atoms. The maximum absolute atomic E-state index is 5.07. The molecule has 108 valence electrons. The predicted octanol–water partition coefficient (Wildman–Crippen LogP) is 1.04. The zero-order valence-corrected chi connectivity index (χ0v) is 12.3. The molecule has 0 saturated heterocycles. The molecular formula is C13H15N7S. The summed E-state index contributed by atoms with van der Waals surface area (Å²) >= 11 is 5.07. The molecular weight excluding hydrogens is 286 g/mol. The largest absolute Gasteiger partial charge is 0.358 e. The van der Waals surface area contributed by atoms with Gasteiger partial charge in [0.25, 0.3) is 0 Å². The maximum Gasteiger partial charge on any atom is 0.187 e. The third-order valence-electron chi connectivity index (χ3n) is 2.61. The van der Waals surface area contributed by atoms with E-state index in [0.29, 0.717) is 11.7 Å². The predicted molar refractivity (Wildman–Crippen MR) is 85.3 cm³/mol. The van der Waals surface area contributed by atoms with Gasteiger partial charge < -0.3 is 5.32 Å². The van der Waals surface area contributed by atoms with Gasteiger partial charge in [0.2, 0.25) is 0 Å². The van der Waals surface area contributed by atoms with Crippen LogP contribution < -0.4 is 10.7 Å². The fourth-order valence-corrected chi connectivity index (χ4v) is 1.69. The highest BCUT2D eigenvalue weighted by molar-refractivity contribution is 7.80. The van der Waals surface area contributed by atoms with Gasteiger partial charge in [-0.15, -0.1) is 11.7 Å². The molecule has 2 N–H and O–H groups in total. The van der Waals surface area contributed by atoms with E-state index in [1.807, 2.05) is 31.2 Å². The Labute approximate surface area is 127 Å². The minimum Gasteiger partial charge on any atom is -0.358 e. The lowest BCUT2D eigenvalue weighted by Crippen LogP contribution is -2.32. The summed E-state index contributed by atoms with van der Waals surface area (Å²) in [5.41, 5.74) is 5.39. The van der Waals surface area contributed by atoms with Crippen molar-refractivity contribution in [3.63, 3.8) is 0 Å². The quantitative estimate of drug-likeness (QED) is 0.372. The van der Waals surface area contributed by atoms with Crippen molar-refractivity contribution in [3.8, 4) is 5.69 Å². The molecule has 0 spiro atoms. The molecule has 0 aliphatic rings. The van der Waals surface area contributed by atoms with Crippen molar-refractivity contribution in [2.45, 2.75) is 6.92 Å². The van der Waals surface area contributed by atoms with Gasteiger partial charge in [0.15, 0.2) is 5.11 Å². The van der Waals surface area contributed by atoms with E-state index in [9.17, 15) is 0 Å². The van der Waals surface area contributed by atoms with E-state index in [4.69, 9.17) is 12.2 Å². The second kappa shape index (κ2) is 7.25. The smallest absolute Gasteiger partial charge is 0.187 e. The van der Waals surface area contributed by atoms with E-state index >= 15 is 0 Å². The van der Waals surface area contributed by atoms with Gasteiger partial charge in [0.05, 0.1) is 11.4 Å². The van der Waals surface area contributed by atoms with Crippen LogP contribution in [0.25, 0.3) is 5.69 Å². The van der Waals surface area contributed by atoms with E-state index in [1.54, 1.807) is 10.8 Å². The minimum atomic E-state index is 0.450. The third-order valence-corrected chi connectivity index (χ3v) is 2.85. The first kappa shape index (κ1) is 14.8. The molecule has 0 amide bonds. The van der Waals surface area contributed by atoms with E-state index in [0.717, 1.165) is 17.0 Å². The van der Waals surface area contributed by atoms with Crippen molar-refractivity contribution in [1.82, 2.24) is 30.9 Å². The molecule has 0 unspecified atom stereocenters. The normalized spacial score (nSPS) is 11.0. The standard InChI is InChI=1S/C13H15N7S/c1-3-7-14-13(21)17-16-10(2)11-5-4-6-12(8-11)20-9-15-18-19-20/h3-6,8-9H,1,7H2,2H3,(H2,14,17,21)/b16-10-. The van der Waals surface area contributed by atoms with Crippen LogP contribution in [-0.4, -0.2) is 37.6 Å². The summed E-state index contributed by atoms with van der Waals surface area (Å²) in [7, 11) is 0. The lowest BCUT2D eigenvalue weighted by molar-refractivity contribution is 0.789. The number of aromatic nitrogens is 4. The molecule has 0 saturated carbocycles. The van der Waals surface area contributed by atoms with Gasteiger partial charge in [-0.2, -0.15) is 5.10 Å². The molecule has 1 aromatic carbocycles. The lowest BCUT2D eigenvalue weighted by atomic mass is 10.1. The molecule has 2 rings (SSSR count). The Morgan fingerprint density at radius 3 is 3.10 bits per heavy atom. The third kappa shape index (κ3) is 4.18. The maximum atomic E-state index is 5.07. The van der Waals surface area contributed by atoms with E-state index in [2.05, 4.69) is 37.9 Å². The summed E-state index contributed by atoms with van der Waals surface area (Å²) in [5.74, 6) is 0. The highest BCUT2D eigenvalue weighted by Crippen LogP contribution is 2.09. The van der Waals surface area contributed by atoms with Crippen LogP contribution in [0.2, 0.25) is 0 Å². The summed E-state index contributed by atoms with van der Waals surface area (Å²) in [5, 5.41) is 18.7. The molecule has 0 atom stereocenters. The zero-order chi connectivity index (χ0) is 15.1. The summed E-state index contributed by atoms with van der Waals surface area (Å²) in [6, 6.07) is 7.72. The van der Waals surface area contributed by atoms with Crippen LogP contribution in [-0.2, 0) is 0 Å². The van der Waals surface area contributed by atoms with Crippen molar-refractivity contribution >= 4 is 23.0 Å². The fraction of sp³-hybridized carbons (Fsp3) is 0.154. The van der Waals surface area contributed by atoms with Gasteiger partial charge in [0, 0.05) is 6.54 Å². The molecule has 1 aromatic heterocycles. The number of benzene rings is 1. The van der Waals surface area contributed by atoms with Crippen molar-refractivity contribution in [3.05, 3.63) is 48.8 Å². The molecule has 1 heterocycles. The number of nitrogens with zero attached hydrogens (tertiary/aromatic N) is 5. The van der Waals surface area contributed by atoms with Crippen LogP contribution in [0, 0.1) is 0 Å². The Bertz CT molecular complexity index is 648. The Morgan fingerprint density at radius 1 is 1.52 bits per heavy atom. The van der Waals surface area contributed by atoms with E-state index in [1.165, 1.54) is 6.33 Å². The van der Waals surface area contributed by atoms with E-state index in [-0.39, 0.29) is 0 Å². The van der Waals surface area contributed by atoms with Crippen LogP contribution in [0.5, 0.6) is 0 Å². The highest BCUT2D eigenvalue weighted by Gasteiger charge is 2.02. The Hall–Kier alpha value is -2.61. The summed E-state index contributed by atoms with van der Waals surface area (Å²) < 4.78 is 1.58. The molecule has 21 heavy (non-hydrogen) atoms. The Kier molecular flexibility index (Phi) is 5.10. The average Bonchev–Trinajstić information content (AvgIpc) is 3.05. The molecule has 0 fully saturated rings. The van der Waals surface area contributed by atoms with Crippen molar-refractivity contribution in [2.75, 3.05) is 6.54 Å². The molecule has 8 heteroatoms. The number of nitrogens with one attached hydrogen (secondary N) is 2. The highest BCUT2D eigenvalue weighted by atomic mass is 32.1. The SMILES string of the molecule is C=CCNC(=S)N/N=C(/C)c1cccc(-n2cnnn2)c1. The van der Waals surface area contributed by atoms with Crippen LogP contribution in [0.4, 0.5) is 0 Å². The van der Waals surface area contributed by atoms with Crippen LogP contribution in [0.15, 0.2) is 48.3 Å². The Morgan fingerprint density at radius 2 is 2.38 bits per heavy atom. The zero-order valence-electron chi connectivity index (χ0n) is 11.5. The molecule has 0 radical (unpaired) electrons. The Balaban J connectivity index is 2.08. The summed E-state index contributed by atoms with van der Waals surface area (Å²) in [6.45, 7) is 6.09. The number of hydrogen-bond donors (Lipinski definition) is 2. The number of thiocarbonyl (C=S) groups is 1. The van der Waals surface area contributed by atoms with Crippen LogP contribution >= 0.6 is 12.2 Å². The average molecular weight is 301 g/mol. The summed E-state index contributed by atoms with van der Waals surface area (Å²) in [6.07, 6.45) is 3.26. The van der Waals surface area contributed by atoms with Gasteiger partial charge >= 0.3 is 0 Å². The number of tetrazole rings is 1. The topological polar surface area (TPSA) is 80.0 Å². The van der Waals surface area contributed by atoms with Crippen molar-refractivity contribution < 1.29 is 0 Å². The van der Waals surface area contributed by atoms with Gasteiger partial charge in [-0.1, -0.05) is 18.2 Å². The summed E-state index contributed by atoms with van der Waals surface area (Å²) in [4.78, 5) is 0. The van der Waals surface area contributed by atoms with Crippen molar-refractivity contribution in [1.29, 1.82) is 0 Å². The molecule has 0 aliphatic carbocycles. The molecule has 7 nitrogen and oxygen atoms in total. The van der Waals surface area contributed by atoms with Gasteiger partial charge in [-0.3, -0.25) is 5.43 Å². The van der Waals surface area contributed by atoms with Gasteiger partial charge in [-0.05, 0) is 47.3 Å². The second-order valence-corrected chi connectivity index (χ2v) is 4.52.